The first-order valence-electron chi connectivity index (χ1n) is 4.35. The van der Waals surface area contributed by atoms with Crippen LogP contribution in [0.4, 0.5) is 5.82 Å². The summed E-state index contributed by atoms with van der Waals surface area (Å²) in [5, 5.41) is 0.768. The Bertz CT molecular complexity index is 287. The monoisotopic (exact) mass is 196 g/mol. The van der Waals surface area contributed by atoms with Gasteiger partial charge in [-0.3, -0.25) is 0 Å². The molecule has 0 aromatic carbocycles. The maximum atomic E-state index is 5.26. The van der Waals surface area contributed by atoms with Gasteiger partial charge in [-0.25, -0.2) is 4.98 Å². The third-order valence-electron chi connectivity index (χ3n) is 2.05. The molecule has 1 saturated heterocycles. The van der Waals surface area contributed by atoms with Crippen LogP contribution in [0.2, 0.25) is 0 Å². The standard InChI is InChI=1S/C9H12N2OS/c13-9-3-1-2-8(10-9)11-4-6-12-7-5-11/h1-3H,4-7H2,(H,10,13). The van der Waals surface area contributed by atoms with Crippen LogP contribution in [0.1, 0.15) is 0 Å². The van der Waals surface area contributed by atoms with Crippen molar-refractivity contribution in [1.82, 2.24) is 4.98 Å². The van der Waals surface area contributed by atoms with Crippen LogP contribution >= 0.6 is 12.6 Å². The molecule has 4 heteroatoms. The number of nitrogens with zero attached hydrogens (tertiary/aromatic N) is 2. The van der Waals surface area contributed by atoms with Crippen LogP contribution in [0.15, 0.2) is 23.2 Å². The third kappa shape index (κ3) is 2.14. The first kappa shape index (κ1) is 8.84. The molecule has 2 heterocycles. The molecule has 13 heavy (non-hydrogen) atoms. The van der Waals surface area contributed by atoms with E-state index in [9.17, 15) is 0 Å². The quantitative estimate of drug-likeness (QED) is 0.683. The molecule has 1 aromatic rings. The molecule has 0 spiro atoms. The van der Waals surface area contributed by atoms with E-state index in [1.54, 1.807) is 0 Å². The predicted octanol–water partition coefficient (Wildman–Crippen LogP) is 1.21. The summed E-state index contributed by atoms with van der Waals surface area (Å²) < 4.78 is 5.26. The van der Waals surface area contributed by atoms with Crippen molar-refractivity contribution in [3.8, 4) is 0 Å². The normalized spacial score (nSPS) is 17.5. The van der Waals surface area contributed by atoms with E-state index < -0.39 is 0 Å². The molecule has 0 atom stereocenters. The van der Waals surface area contributed by atoms with Crippen molar-refractivity contribution in [2.75, 3.05) is 31.2 Å². The van der Waals surface area contributed by atoms with Crippen molar-refractivity contribution in [3.63, 3.8) is 0 Å². The lowest BCUT2D eigenvalue weighted by Gasteiger charge is -2.27. The highest BCUT2D eigenvalue weighted by molar-refractivity contribution is 7.80. The predicted molar refractivity (Wildman–Crippen MR) is 54.5 cm³/mol. The molecular formula is C9H12N2OS. The summed E-state index contributed by atoms with van der Waals surface area (Å²) in [7, 11) is 0. The molecule has 70 valence electrons. The SMILES string of the molecule is Sc1cccc(N2CCOCC2)n1. The number of thiol groups is 1. The van der Waals surface area contributed by atoms with Crippen LogP contribution in [-0.2, 0) is 4.74 Å². The topological polar surface area (TPSA) is 25.4 Å². The second-order valence-corrected chi connectivity index (χ2v) is 3.41. The summed E-state index contributed by atoms with van der Waals surface area (Å²) in [4.78, 5) is 6.54. The van der Waals surface area contributed by atoms with Gasteiger partial charge in [0, 0.05) is 13.1 Å². The molecule has 1 aliphatic heterocycles. The van der Waals surface area contributed by atoms with Crippen molar-refractivity contribution in [2.24, 2.45) is 0 Å². The van der Waals surface area contributed by atoms with Crippen LogP contribution in [0.5, 0.6) is 0 Å². The van der Waals surface area contributed by atoms with Gasteiger partial charge < -0.3 is 9.64 Å². The summed E-state index contributed by atoms with van der Waals surface area (Å²) in [5.74, 6) is 0.996. The van der Waals surface area contributed by atoms with Gasteiger partial charge in [-0.05, 0) is 12.1 Å². The lowest BCUT2D eigenvalue weighted by molar-refractivity contribution is 0.122. The summed E-state index contributed by atoms with van der Waals surface area (Å²) in [5.41, 5.74) is 0. The highest BCUT2D eigenvalue weighted by Gasteiger charge is 2.11. The molecule has 3 nitrogen and oxygen atoms in total. The second kappa shape index (κ2) is 3.98. The number of pyridine rings is 1. The number of anilines is 1. The largest absolute Gasteiger partial charge is 0.378 e. The highest BCUT2D eigenvalue weighted by atomic mass is 32.1. The third-order valence-corrected chi connectivity index (χ3v) is 2.30. The highest BCUT2D eigenvalue weighted by Crippen LogP contribution is 2.14. The van der Waals surface area contributed by atoms with Gasteiger partial charge in [0.2, 0.25) is 0 Å². The number of ether oxygens (including phenoxy) is 1. The van der Waals surface area contributed by atoms with Crippen molar-refractivity contribution < 1.29 is 4.74 Å². The zero-order valence-electron chi connectivity index (χ0n) is 7.31. The van der Waals surface area contributed by atoms with Crippen LogP contribution < -0.4 is 4.90 Å². The van der Waals surface area contributed by atoms with E-state index in [-0.39, 0.29) is 0 Å². The van der Waals surface area contributed by atoms with Crippen molar-refractivity contribution in [3.05, 3.63) is 18.2 Å². The van der Waals surface area contributed by atoms with Crippen molar-refractivity contribution in [1.29, 1.82) is 0 Å². The zero-order chi connectivity index (χ0) is 9.10. The van der Waals surface area contributed by atoms with E-state index >= 15 is 0 Å². The molecule has 0 radical (unpaired) electrons. The van der Waals surface area contributed by atoms with Crippen molar-refractivity contribution >= 4 is 18.4 Å². The smallest absolute Gasteiger partial charge is 0.129 e. The van der Waals surface area contributed by atoms with E-state index in [2.05, 4.69) is 22.5 Å². The Morgan fingerprint density at radius 3 is 2.77 bits per heavy atom. The molecular weight excluding hydrogens is 184 g/mol. The minimum atomic E-state index is 0.768. The summed E-state index contributed by atoms with van der Waals surface area (Å²) in [6.07, 6.45) is 0. The van der Waals surface area contributed by atoms with Crippen molar-refractivity contribution in [2.45, 2.75) is 5.03 Å². The molecule has 0 bridgehead atoms. The maximum absolute atomic E-state index is 5.26. The lowest BCUT2D eigenvalue weighted by Crippen LogP contribution is -2.36. The minimum Gasteiger partial charge on any atom is -0.378 e. The van der Waals surface area contributed by atoms with Gasteiger partial charge in [0.25, 0.3) is 0 Å². The Kier molecular flexibility index (Phi) is 2.71. The fraction of sp³-hybridized carbons (Fsp3) is 0.444. The molecule has 1 aliphatic rings. The fourth-order valence-corrected chi connectivity index (χ4v) is 1.57. The number of aromatic nitrogens is 1. The van der Waals surface area contributed by atoms with Gasteiger partial charge in [0.1, 0.15) is 5.82 Å². The molecule has 1 aromatic heterocycles. The Hall–Kier alpha value is -0.740. The van der Waals surface area contributed by atoms with E-state index in [4.69, 9.17) is 4.74 Å². The van der Waals surface area contributed by atoms with Gasteiger partial charge in [-0.15, -0.1) is 12.6 Å². The van der Waals surface area contributed by atoms with E-state index in [1.165, 1.54) is 0 Å². The Balaban J connectivity index is 2.14. The molecule has 0 aliphatic carbocycles. The van der Waals surface area contributed by atoms with Gasteiger partial charge in [0.05, 0.1) is 18.2 Å². The first-order chi connectivity index (χ1) is 6.36. The molecule has 0 N–H and O–H groups in total. The Morgan fingerprint density at radius 2 is 2.08 bits per heavy atom. The van der Waals surface area contributed by atoms with Gasteiger partial charge >= 0.3 is 0 Å². The van der Waals surface area contributed by atoms with Gasteiger partial charge in [0.15, 0.2) is 0 Å². The second-order valence-electron chi connectivity index (χ2n) is 2.95. The fourth-order valence-electron chi connectivity index (χ4n) is 1.38. The maximum Gasteiger partial charge on any atom is 0.129 e. The van der Waals surface area contributed by atoms with E-state index in [0.717, 1.165) is 37.1 Å². The van der Waals surface area contributed by atoms with Crippen LogP contribution in [0, 0.1) is 0 Å². The Morgan fingerprint density at radius 1 is 1.31 bits per heavy atom. The average molecular weight is 196 g/mol. The molecule has 0 amide bonds. The molecule has 0 unspecified atom stereocenters. The Labute approximate surface area is 83.1 Å². The van der Waals surface area contributed by atoms with Gasteiger partial charge in [-0.1, -0.05) is 6.07 Å². The van der Waals surface area contributed by atoms with Crippen LogP contribution in [-0.4, -0.2) is 31.3 Å². The molecule has 2 rings (SSSR count). The zero-order valence-corrected chi connectivity index (χ0v) is 8.20. The number of morpholine rings is 1. The average Bonchev–Trinajstić information content (AvgIpc) is 2.19. The van der Waals surface area contributed by atoms with E-state index in [0.29, 0.717) is 0 Å². The first-order valence-corrected chi connectivity index (χ1v) is 4.80. The molecule has 1 fully saturated rings. The number of hydrogen-bond acceptors (Lipinski definition) is 4. The van der Waals surface area contributed by atoms with Gasteiger partial charge in [-0.2, -0.15) is 0 Å². The number of rotatable bonds is 1. The summed E-state index contributed by atoms with van der Waals surface area (Å²) in [6, 6.07) is 5.86. The lowest BCUT2D eigenvalue weighted by atomic mass is 10.4. The van der Waals surface area contributed by atoms with E-state index in [1.807, 2.05) is 18.2 Å². The summed E-state index contributed by atoms with van der Waals surface area (Å²) in [6.45, 7) is 3.42. The minimum absolute atomic E-state index is 0.768. The summed E-state index contributed by atoms with van der Waals surface area (Å²) >= 11 is 4.20. The van der Waals surface area contributed by atoms with Crippen LogP contribution in [0.3, 0.4) is 0 Å². The van der Waals surface area contributed by atoms with Crippen LogP contribution in [0.25, 0.3) is 0 Å². The number of hydrogen-bond donors (Lipinski definition) is 1. The molecule has 0 saturated carbocycles.